The molecular weight excluding hydrogens is 245 g/mol. The highest BCUT2D eigenvalue weighted by Crippen LogP contribution is 2.32. The standard InChI is InChI=1S/C15H16FNO2/c1-19-15-6-5-10(9-12(15)16)17-8-7-11-13(17)3-2-4-14(11)18/h5-9,14,18H,2-4H2,1H3. The van der Waals surface area contributed by atoms with E-state index in [9.17, 15) is 9.50 Å². The maximum atomic E-state index is 13.8. The molecule has 1 unspecified atom stereocenters. The summed E-state index contributed by atoms with van der Waals surface area (Å²) in [5, 5.41) is 9.95. The van der Waals surface area contributed by atoms with E-state index in [0.29, 0.717) is 0 Å². The van der Waals surface area contributed by atoms with Crippen molar-refractivity contribution in [3.05, 3.63) is 47.5 Å². The highest BCUT2D eigenvalue weighted by molar-refractivity contribution is 5.43. The molecule has 0 spiro atoms. The van der Waals surface area contributed by atoms with Gasteiger partial charge in [-0.05, 0) is 37.5 Å². The Morgan fingerprint density at radius 3 is 2.95 bits per heavy atom. The SMILES string of the molecule is COc1ccc(-n2ccc3c2CCCC3O)cc1F. The number of benzene rings is 1. The monoisotopic (exact) mass is 261 g/mol. The Bertz CT molecular complexity index is 606. The van der Waals surface area contributed by atoms with Gasteiger partial charge in [0.05, 0.1) is 13.2 Å². The normalized spacial score (nSPS) is 18.2. The van der Waals surface area contributed by atoms with Crippen LogP contribution >= 0.6 is 0 Å². The molecule has 0 bridgehead atoms. The Hall–Kier alpha value is -1.81. The minimum absolute atomic E-state index is 0.241. The van der Waals surface area contributed by atoms with E-state index in [-0.39, 0.29) is 11.6 Å². The lowest BCUT2D eigenvalue weighted by Gasteiger charge is -2.20. The number of nitrogens with zero attached hydrogens (tertiary/aromatic N) is 1. The van der Waals surface area contributed by atoms with Crippen molar-refractivity contribution in [2.75, 3.05) is 7.11 Å². The third-order valence-corrected chi connectivity index (χ3v) is 3.69. The summed E-state index contributed by atoms with van der Waals surface area (Å²) in [6, 6.07) is 6.82. The maximum absolute atomic E-state index is 13.8. The zero-order chi connectivity index (χ0) is 13.4. The Morgan fingerprint density at radius 2 is 2.21 bits per heavy atom. The van der Waals surface area contributed by atoms with Crippen LogP contribution in [0.15, 0.2) is 30.5 Å². The average Bonchev–Trinajstić information content (AvgIpc) is 2.84. The van der Waals surface area contributed by atoms with Crippen molar-refractivity contribution in [1.82, 2.24) is 4.57 Å². The predicted molar refractivity (Wildman–Crippen MR) is 70.2 cm³/mol. The van der Waals surface area contributed by atoms with Gasteiger partial charge in [-0.1, -0.05) is 0 Å². The van der Waals surface area contributed by atoms with Crippen molar-refractivity contribution in [1.29, 1.82) is 0 Å². The number of aromatic nitrogens is 1. The highest BCUT2D eigenvalue weighted by atomic mass is 19.1. The first kappa shape index (κ1) is 12.2. The zero-order valence-corrected chi connectivity index (χ0v) is 10.8. The van der Waals surface area contributed by atoms with E-state index < -0.39 is 6.10 Å². The van der Waals surface area contributed by atoms with Crippen LogP contribution < -0.4 is 4.74 Å². The molecule has 1 aromatic heterocycles. The van der Waals surface area contributed by atoms with Gasteiger partial charge in [-0.25, -0.2) is 4.39 Å². The summed E-state index contributed by atoms with van der Waals surface area (Å²) in [6.07, 6.45) is 4.16. The molecule has 1 aromatic carbocycles. The van der Waals surface area contributed by atoms with Crippen LogP contribution in [0.4, 0.5) is 4.39 Å². The minimum atomic E-state index is -0.395. The number of hydrogen-bond acceptors (Lipinski definition) is 2. The molecule has 0 radical (unpaired) electrons. The van der Waals surface area contributed by atoms with Gasteiger partial charge in [0, 0.05) is 29.2 Å². The van der Waals surface area contributed by atoms with E-state index in [1.54, 1.807) is 6.07 Å². The minimum Gasteiger partial charge on any atom is -0.494 e. The summed E-state index contributed by atoms with van der Waals surface area (Å²) in [5.74, 6) is -0.136. The number of hydrogen-bond donors (Lipinski definition) is 1. The Labute approximate surface area is 111 Å². The number of aliphatic hydroxyl groups is 1. The molecule has 0 aliphatic heterocycles. The fourth-order valence-electron chi connectivity index (χ4n) is 2.71. The fourth-order valence-corrected chi connectivity index (χ4v) is 2.71. The number of rotatable bonds is 2. The van der Waals surface area contributed by atoms with Crippen molar-refractivity contribution >= 4 is 0 Å². The average molecular weight is 261 g/mol. The summed E-state index contributed by atoms with van der Waals surface area (Å²) >= 11 is 0. The molecule has 0 saturated heterocycles. The summed E-state index contributed by atoms with van der Waals surface area (Å²) in [7, 11) is 1.45. The van der Waals surface area contributed by atoms with Gasteiger partial charge in [-0.3, -0.25) is 0 Å². The van der Waals surface area contributed by atoms with Gasteiger partial charge < -0.3 is 14.4 Å². The van der Waals surface area contributed by atoms with Crippen molar-refractivity contribution < 1.29 is 14.2 Å². The molecule has 19 heavy (non-hydrogen) atoms. The van der Waals surface area contributed by atoms with Gasteiger partial charge in [0.2, 0.25) is 0 Å². The molecule has 0 fully saturated rings. The first-order valence-electron chi connectivity index (χ1n) is 6.43. The summed E-state index contributed by atoms with van der Waals surface area (Å²) in [5.41, 5.74) is 2.79. The van der Waals surface area contributed by atoms with Crippen LogP contribution in [0.25, 0.3) is 5.69 Å². The van der Waals surface area contributed by atoms with Crippen LogP contribution in [0, 0.1) is 5.82 Å². The van der Waals surface area contributed by atoms with Crippen LogP contribution in [0.5, 0.6) is 5.75 Å². The molecule has 1 heterocycles. The summed E-state index contributed by atoms with van der Waals surface area (Å²) in [6.45, 7) is 0. The predicted octanol–water partition coefficient (Wildman–Crippen LogP) is 2.99. The molecule has 1 aliphatic rings. The summed E-state index contributed by atoms with van der Waals surface area (Å²) < 4.78 is 20.6. The molecule has 1 atom stereocenters. The quantitative estimate of drug-likeness (QED) is 0.901. The van der Waals surface area contributed by atoms with E-state index in [1.807, 2.05) is 22.9 Å². The Balaban J connectivity index is 2.05. The maximum Gasteiger partial charge on any atom is 0.167 e. The number of halogens is 1. The van der Waals surface area contributed by atoms with Gasteiger partial charge in [0.15, 0.2) is 11.6 Å². The van der Waals surface area contributed by atoms with Gasteiger partial charge >= 0.3 is 0 Å². The van der Waals surface area contributed by atoms with Gasteiger partial charge in [0.1, 0.15) is 0 Å². The molecule has 4 heteroatoms. The van der Waals surface area contributed by atoms with Crippen molar-refractivity contribution in [2.24, 2.45) is 0 Å². The van der Waals surface area contributed by atoms with Crippen LogP contribution in [-0.2, 0) is 6.42 Å². The number of methoxy groups -OCH3 is 1. The molecule has 2 aromatic rings. The molecule has 3 nitrogen and oxygen atoms in total. The lowest BCUT2D eigenvalue weighted by atomic mass is 9.95. The van der Waals surface area contributed by atoms with Crippen LogP contribution in [0.1, 0.15) is 30.2 Å². The first-order valence-corrected chi connectivity index (χ1v) is 6.43. The molecule has 3 rings (SSSR count). The smallest absolute Gasteiger partial charge is 0.167 e. The molecule has 0 amide bonds. The van der Waals surface area contributed by atoms with Gasteiger partial charge in [-0.2, -0.15) is 0 Å². The second-order valence-electron chi connectivity index (χ2n) is 4.81. The van der Waals surface area contributed by atoms with E-state index in [4.69, 9.17) is 4.74 Å². The van der Waals surface area contributed by atoms with Gasteiger partial charge in [-0.15, -0.1) is 0 Å². The molecule has 1 N–H and O–H groups in total. The highest BCUT2D eigenvalue weighted by Gasteiger charge is 2.21. The van der Waals surface area contributed by atoms with E-state index >= 15 is 0 Å². The third-order valence-electron chi connectivity index (χ3n) is 3.69. The third kappa shape index (κ3) is 2.02. The van der Waals surface area contributed by atoms with Crippen molar-refractivity contribution in [2.45, 2.75) is 25.4 Å². The van der Waals surface area contributed by atoms with Crippen LogP contribution in [0.2, 0.25) is 0 Å². The van der Waals surface area contributed by atoms with E-state index in [0.717, 1.165) is 36.2 Å². The second kappa shape index (κ2) is 4.70. The second-order valence-corrected chi connectivity index (χ2v) is 4.81. The van der Waals surface area contributed by atoms with Crippen LogP contribution in [0.3, 0.4) is 0 Å². The van der Waals surface area contributed by atoms with E-state index in [2.05, 4.69) is 0 Å². The lowest BCUT2D eigenvalue weighted by molar-refractivity contribution is 0.156. The molecular formula is C15H16FNO2. The van der Waals surface area contributed by atoms with Crippen molar-refractivity contribution in [3.8, 4) is 11.4 Å². The molecule has 100 valence electrons. The van der Waals surface area contributed by atoms with Crippen molar-refractivity contribution in [3.63, 3.8) is 0 Å². The lowest BCUT2D eigenvalue weighted by Crippen LogP contribution is -2.11. The molecule has 0 saturated carbocycles. The Morgan fingerprint density at radius 1 is 1.37 bits per heavy atom. The largest absolute Gasteiger partial charge is 0.494 e. The van der Waals surface area contributed by atoms with E-state index in [1.165, 1.54) is 13.2 Å². The molecule has 1 aliphatic carbocycles. The number of fused-ring (bicyclic) bond motifs is 1. The summed E-state index contributed by atoms with van der Waals surface area (Å²) in [4.78, 5) is 0. The number of ether oxygens (including phenoxy) is 1. The van der Waals surface area contributed by atoms with Crippen LogP contribution in [-0.4, -0.2) is 16.8 Å². The zero-order valence-electron chi connectivity index (χ0n) is 10.8. The topological polar surface area (TPSA) is 34.4 Å². The first-order chi connectivity index (χ1) is 9.20. The van der Waals surface area contributed by atoms with Gasteiger partial charge in [0.25, 0.3) is 0 Å². The fraction of sp³-hybridized carbons (Fsp3) is 0.333. The number of aliphatic hydroxyl groups excluding tert-OH is 1. The Kier molecular flexibility index (Phi) is 3.03.